The number of alkyl halides is 3. The van der Waals surface area contributed by atoms with E-state index in [1.807, 2.05) is 0 Å². The van der Waals surface area contributed by atoms with Crippen LogP contribution in [0.3, 0.4) is 0 Å². The second-order valence-electron chi connectivity index (χ2n) is 4.15. The number of aliphatic carboxylic acids is 1. The molecule has 0 aromatic carbocycles. The number of nitrogens with one attached hydrogen (secondary N) is 1. The second-order valence-corrected chi connectivity index (χ2v) is 5.31. The molecule has 0 aromatic heterocycles. The highest BCUT2D eigenvalue weighted by Gasteiger charge is 2.29. The summed E-state index contributed by atoms with van der Waals surface area (Å²) in [7, 11) is 0. The first-order chi connectivity index (χ1) is 8.79. The predicted octanol–water partition coefficient (Wildman–Crippen LogP) is 1.75. The zero-order valence-corrected chi connectivity index (χ0v) is 10.9. The number of carboxylic acids is 1. The normalized spacial score (nSPS) is 20.2. The van der Waals surface area contributed by atoms with E-state index in [0.717, 1.165) is 0 Å². The van der Waals surface area contributed by atoms with Gasteiger partial charge in [-0.2, -0.15) is 13.2 Å². The second kappa shape index (κ2) is 6.88. The minimum atomic E-state index is -4.30. The number of carbonyl (C=O) groups is 2. The van der Waals surface area contributed by atoms with Crippen LogP contribution >= 0.6 is 11.8 Å². The third-order valence-electron chi connectivity index (χ3n) is 2.70. The Kier molecular flexibility index (Phi) is 5.77. The lowest BCUT2D eigenvalue weighted by Gasteiger charge is -2.30. The fourth-order valence-corrected chi connectivity index (χ4v) is 2.24. The Hall–Kier alpha value is -1.12. The molecule has 1 heterocycles. The number of carbonyl (C=O) groups excluding carboxylic acids is 1. The smallest absolute Gasteiger partial charge is 0.441 e. The minimum absolute atomic E-state index is 0.1000. The molecule has 1 fully saturated rings. The summed E-state index contributed by atoms with van der Waals surface area (Å²) in [4.78, 5) is 23.8. The van der Waals surface area contributed by atoms with E-state index >= 15 is 0 Å². The van der Waals surface area contributed by atoms with Crippen molar-refractivity contribution in [3.63, 3.8) is 0 Å². The summed E-state index contributed by atoms with van der Waals surface area (Å²) in [6.45, 7) is 0.437. The van der Waals surface area contributed by atoms with Crippen LogP contribution < -0.4 is 5.32 Å². The van der Waals surface area contributed by atoms with Gasteiger partial charge >= 0.3 is 17.5 Å². The van der Waals surface area contributed by atoms with Gasteiger partial charge < -0.3 is 15.3 Å². The number of likely N-dealkylation sites (tertiary alicyclic amines) is 1. The van der Waals surface area contributed by atoms with Crippen LogP contribution in [0.5, 0.6) is 0 Å². The van der Waals surface area contributed by atoms with E-state index in [-0.39, 0.29) is 30.6 Å². The monoisotopic (exact) mass is 300 g/mol. The number of nitrogens with zero attached hydrogens (tertiary/aromatic N) is 1. The lowest BCUT2D eigenvalue weighted by molar-refractivity contribution is -0.143. The minimum Gasteiger partial charge on any atom is -0.481 e. The number of piperidine rings is 1. The highest BCUT2D eigenvalue weighted by molar-refractivity contribution is 8.00. The standard InChI is InChI=1S/C10H15F3N2O3S/c11-10(12,13)19-5-3-14-9(18)15-4-1-2-7(6-15)8(16)17/h7H,1-6H2,(H,14,18)(H,16,17)/t7-/m1/s1. The maximum Gasteiger partial charge on any atom is 0.441 e. The molecule has 2 amide bonds. The van der Waals surface area contributed by atoms with E-state index in [2.05, 4.69) is 5.32 Å². The molecule has 5 nitrogen and oxygen atoms in total. The van der Waals surface area contributed by atoms with Gasteiger partial charge in [0.25, 0.3) is 0 Å². The predicted molar refractivity (Wildman–Crippen MR) is 63.8 cm³/mol. The van der Waals surface area contributed by atoms with Gasteiger partial charge in [-0.05, 0) is 24.6 Å². The number of hydrogen-bond donors (Lipinski definition) is 2. The Morgan fingerprint density at radius 2 is 2.11 bits per heavy atom. The van der Waals surface area contributed by atoms with Crippen molar-refractivity contribution in [2.45, 2.75) is 18.3 Å². The van der Waals surface area contributed by atoms with E-state index in [4.69, 9.17) is 5.11 Å². The fraction of sp³-hybridized carbons (Fsp3) is 0.800. The van der Waals surface area contributed by atoms with Crippen LogP contribution in [0, 0.1) is 5.92 Å². The maximum absolute atomic E-state index is 11.8. The Labute approximate surface area is 112 Å². The number of hydrogen-bond acceptors (Lipinski definition) is 3. The molecule has 1 saturated heterocycles. The van der Waals surface area contributed by atoms with Crippen molar-refractivity contribution in [2.75, 3.05) is 25.4 Å². The number of carboxylic acid groups (broad SMARTS) is 1. The van der Waals surface area contributed by atoms with Gasteiger partial charge in [-0.25, -0.2) is 4.79 Å². The van der Waals surface area contributed by atoms with Gasteiger partial charge in [0.1, 0.15) is 0 Å². The molecule has 1 aliphatic heterocycles. The quantitative estimate of drug-likeness (QED) is 0.776. The SMILES string of the molecule is O=C(O)[C@@H]1CCCN(C(=O)NCCSC(F)(F)F)C1. The molecule has 2 N–H and O–H groups in total. The Bertz CT molecular complexity index is 338. The molecule has 19 heavy (non-hydrogen) atoms. The summed E-state index contributed by atoms with van der Waals surface area (Å²) in [6.07, 6.45) is 1.10. The highest BCUT2D eigenvalue weighted by atomic mass is 32.2. The van der Waals surface area contributed by atoms with Crippen LogP contribution in [0.4, 0.5) is 18.0 Å². The van der Waals surface area contributed by atoms with Gasteiger partial charge in [0, 0.05) is 25.4 Å². The summed E-state index contributed by atoms with van der Waals surface area (Å²) in [6, 6.07) is -0.506. The number of halogens is 3. The van der Waals surface area contributed by atoms with Crippen LogP contribution in [0.25, 0.3) is 0 Å². The summed E-state index contributed by atoms with van der Waals surface area (Å²) in [5.41, 5.74) is -4.30. The maximum atomic E-state index is 11.8. The summed E-state index contributed by atoms with van der Waals surface area (Å²) in [5, 5.41) is 11.2. The molecule has 0 spiro atoms. The van der Waals surface area contributed by atoms with Crippen LogP contribution in [0.1, 0.15) is 12.8 Å². The van der Waals surface area contributed by atoms with E-state index in [1.54, 1.807) is 0 Å². The van der Waals surface area contributed by atoms with Crippen LogP contribution in [-0.4, -0.2) is 52.9 Å². The average molecular weight is 300 g/mol. The number of rotatable bonds is 4. The van der Waals surface area contributed by atoms with Gasteiger partial charge in [-0.1, -0.05) is 0 Å². The molecule has 0 aromatic rings. The average Bonchev–Trinajstić information content (AvgIpc) is 2.33. The topological polar surface area (TPSA) is 69.6 Å². The zero-order chi connectivity index (χ0) is 14.5. The Balaban J connectivity index is 2.27. The molecule has 9 heteroatoms. The van der Waals surface area contributed by atoms with Crippen molar-refractivity contribution in [2.24, 2.45) is 5.92 Å². The van der Waals surface area contributed by atoms with Crippen LogP contribution in [0.15, 0.2) is 0 Å². The van der Waals surface area contributed by atoms with Crippen molar-refractivity contribution in [3.05, 3.63) is 0 Å². The lowest BCUT2D eigenvalue weighted by atomic mass is 9.99. The molecular weight excluding hydrogens is 285 g/mol. The molecule has 110 valence electrons. The fourth-order valence-electron chi connectivity index (χ4n) is 1.80. The molecule has 0 bridgehead atoms. The number of amides is 2. The Morgan fingerprint density at radius 3 is 2.68 bits per heavy atom. The molecule has 0 unspecified atom stereocenters. The van der Waals surface area contributed by atoms with Gasteiger partial charge in [0.2, 0.25) is 0 Å². The van der Waals surface area contributed by atoms with Crippen molar-refractivity contribution >= 4 is 23.8 Å². The largest absolute Gasteiger partial charge is 0.481 e. The summed E-state index contributed by atoms with van der Waals surface area (Å²) >= 11 is -0.200. The van der Waals surface area contributed by atoms with E-state index < -0.39 is 23.4 Å². The molecule has 0 saturated carbocycles. The van der Waals surface area contributed by atoms with Crippen LogP contribution in [-0.2, 0) is 4.79 Å². The number of urea groups is 1. The third-order valence-corrected chi connectivity index (χ3v) is 3.44. The van der Waals surface area contributed by atoms with E-state index in [9.17, 15) is 22.8 Å². The summed E-state index contributed by atoms with van der Waals surface area (Å²) in [5.74, 6) is -1.81. The molecule has 1 rings (SSSR count). The highest BCUT2D eigenvalue weighted by Crippen LogP contribution is 2.29. The number of thioether (sulfide) groups is 1. The van der Waals surface area contributed by atoms with Gasteiger partial charge in [-0.3, -0.25) is 4.79 Å². The molecule has 0 radical (unpaired) electrons. The van der Waals surface area contributed by atoms with Crippen molar-refractivity contribution in [3.8, 4) is 0 Å². The van der Waals surface area contributed by atoms with Crippen molar-refractivity contribution in [1.82, 2.24) is 10.2 Å². The zero-order valence-electron chi connectivity index (χ0n) is 10.1. The Morgan fingerprint density at radius 1 is 1.42 bits per heavy atom. The van der Waals surface area contributed by atoms with Gasteiger partial charge in [0.15, 0.2) is 0 Å². The van der Waals surface area contributed by atoms with E-state index in [1.165, 1.54) is 4.90 Å². The first-order valence-corrected chi connectivity index (χ1v) is 6.74. The first-order valence-electron chi connectivity index (χ1n) is 5.76. The summed E-state index contributed by atoms with van der Waals surface area (Å²) < 4.78 is 35.5. The molecule has 0 aliphatic carbocycles. The molecular formula is C10H15F3N2O3S. The van der Waals surface area contributed by atoms with Crippen molar-refractivity contribution in [1.29, 1.82) is 0 Å². The van der Waals surface area contributed by atoms with E-state index in [0.29, 0.717) is 19.4 Å². The lowest BCUT2D eigenvalue weighted by Crippen LogP contribution is -2.47. The third kappa shape index (κ3) is 6.04. The molecule has 1 aliphatic rings. The van der Waals surface area contributed by atoms with Crippen molar-refractivity contribution < 1.29 is 27.9 Å². The van der Waals surface area contributed by atoms with Crippen LogP contribution in [0.2, 0.25) is 0 Å². The van der Waals surface area contributed by atoms with Gasteiger partial charge in [-0.15, -0.1) is 0 Å². The molecule has 1 atom stereocenters. The van der Waals surface area contributed by atoms with Gasteiger partial charge in [0.05, 0.1) is 5.92 Å². The first kappa shape index (κ1) is 15.9.